The molecular formula is C30H29FN4O4S. The number of nitrogens with zero attached hydrogens (tertiary/aromatic N) is 4. The van der Waals surface area contributed by atoms with Crippen molar-refractivity contribution in [1.29, 1.82) is 5.26 Å². The Balaban J connectivity index is 1.88. The number of hydrogen-bond donors (Lipinski definition) is 1. The molecule has 0 fully saturated rings. The standard InChI is InChI=1S/C30H29FN4O4S/c1-4-6-7-27-34-29(36)28(30(37)35(27)26(5-2)21-8-9-22(17-32)25(31)16-21)40(38,39)23-12-10-20(11-13-23)24-14-15-33-18-19(24)3/h8-16,18,26,36H,4-7H2,1-3H3. The average molecular weight is 561 g/mol. The van der Waals surface area contributed by atoms with Gasteiger partial charge >= 0.3 is 0 Å². The van der Waals surface area contributed by atoms with Gasteiger partial charge in [-0.1, -0.05) is 38.5 Å². The monoisotopic (exact) mass is 560 g/mol. The van der Waals surface area contributed by atoms with Crippen LogP contribution in [0.4, 0.5) is 4.39 Å². The van der Waals surface area contributed by atoms with E-state index in [9.17, 15) is 22.7 Å². The summed E-state index contributed by atoms with van der Waals surface area (Å²) < 4.78 is 43.2. The van der Waals surface area contributed by atoms with Crippen LogP contribution in [-0.2, 0) is 16.3 Å². The number of unbranched alkanes of at least 4 members (excludes halogenated alkanes) is 1. The van der Waals surface area contributed by atoms with Gasteiger partial charge in [-0.3, -0.25) is 14.3 Å². The third-order valence-corrected chi connectivity index (χ3v) is 8.63. The van der Waals surface area contributed by atoms with Gasteiger partial charge in [-0.2, -0.15) is 10.2 Å². The molecule has 0 saturated carbocycles. The molecule has 206 valence electrons. The molecular weight excluding hydrogens is 531 g/mol. The van der Waals surface area contributed by atoms with Crippen LogP contribution in [0, 0.1) is 24.1 Å². The fourth-order valence-corrected chi connectivity index (χ4v) is 6.09. The lowest BCUT2D eigenvalue weighted by Gasteiger charge is -2.23. The van der Waals surface area contributed by atoms with Crippen molar-refractivity contribution in [2.24, 2.45) is 0 Å². The van der Waals surface area contributed by atoms with Crippen LogP contribution in [0.3, 0.4) is 0 Å². The third-order valence-electron chi connectivity index (χ3n) is 6.84. The highest BCUT2D eigenvalue weighted by atomic mass is 32.2. The molecule has 2 aromatic carbocycles. The van der Waals surface area contributed by atoms with Gasteiger partial charge in [-0.25, -0.2) is 12.8 Å². The van der Waals surface area contributed by atoms with Gasteiger partial charge in [-0.15, -0.1) is 0 Å². The molecule has 0 saturated heterocycles. The Morgan fingerprint density at radius 2 is 1.85 bits per heavy atom. The van der Waals surface area contributed by atoms with Crippen LogP contribution in [0.15, 0.2) is 75.5 Å². The Morgan fingerprint density at radius 3 is 2.45 bits per heavy atom. The molecule has 0 amide bonds. The molecule has 10 heteroatoms. The largest absolute Gasteiger partial charge is 0.492 e. The van der Waals surface area contributed by atoms with E-state index in [2.05, 4.69) is 9.97 Å². The number of aryl methyl sites for hydroxylation is 2. The number of rotatable bonds is 9. The summed E-state index contributed by atoms with van der Waals surface area (Å²) in [5.74, 6) is -1.42. The predicted octanol–water partition coefficient (Wildman–Crippen LogP) is 5.50. The minimum Gasteiger partial charge on any atom is -0.492 e. The Hall–Kier alpha value is -4.36. The lowest BCUT2D eigenvalue weighted by molar-refractivity contribution is 0.406. The number of sulfone groups is 1. The zero-order valence-electron chi connectivity index (χ0n) is 22.4. The van der Waals surface area contributed by atoms with Crippen molar-refractivity contribution in [3.63, 3.8) is 0 Å². The van der Waals surface area contributed by atoms with E-state index in [0.29, 0.717) is 24.8 Å². The topological polar surface area (TPSA) is 126 Å². The number of nitriles is 1. The third kappa shape index (κ3) is 5.38. The van der Waals surface area contributed by atoms with Crippen LogP contribution in [0.5, 0.6) is 5.88 Å². The molecule has 4 rings (SSSR count). The van der Waals surface area contributed by atoms with Crippen LogP contribution in [-0.4, -0.2) is 28.1 Å². The van der Waals surface area contributed by atoms with Gasteiger partial charge in [0.1, 0.15) is 17.7 Å². The van der Waals surface area contributed by atoms with Gasteiger partial charge in [0.2, 0.25) is 15.7 Å². The molecule has 1 atom stereocenters. The maximum Gasteiger partial charge on any atom is 0.277 e. The molecule has 2 aromatic heterocycles. The summed E-state index contributed by atoms with van der Waals surface area (Å²) in [7, 11) is -4.49. The SMILES string of the molecule is CCCCc1nc(O)c(S(=O)(=O)c2ccc(-c3ccncc3C)cc2)c(=O)n1C(CC)c1ccc(C#N)c(F)c1. The van der Waals surface area contributed by atoms with Crippen molar-refractivity contribution in [2.45, 2.75) is 62.3 Å². The summed E-state index contributed by atoms with van der Waals surface area (Å²) in [6.07, 6.45) is 5.35. The number of aromatic hydroxyl groups is 1. The molecule has 0 aliphatic heterocycles. The van der Waals surface area contributed by atoms with Crippen molar-refractivity contribution in [3.05, 3.63) is 99.6 Å². The van der Waals surface area contributed by atoms with E-state index in [4.69, 9.17) is 5.26 Å². The number of pyridine rings is 1. The first-order valence-electron chi connectivity index (χ1n) is 12.9. The molecule has 0 aliphatic carbocycles. The minimum atomic E-state index is -4.49. The average Bonchev–Trinajstić information content (AvgIpc) is 2.94. The summed E-state index contributed by atoms with van der Waals surface area (Å²) in [6, 6.07) is 12.9. The van der Waals surface area contributed by atoms with Crippen molar-refractivity contribution in [3.8, 4) is 23.1 Å². The van der Waals surface area contributed by atoms with Gasteiger partial charge in [0, 0.05) is 18.8 Å². The second kappa shape index (κ2) is 11.8. The fourth-order valence-electron chi connectivity index (χ4n) is 4.74. The predicted molar refractivity (Wildman–Crippen MR) is 148 cm³/mol. The molecule has 1 N–H and O–H groups in total. The van der Waals surface area contributed by atoms with E-state index in [1.807, 2.05) is 19.9 Å². The van der Waals surface area contributed by atoms with E-state index >= 15 is 0 Å². The van der Waals surface area contributed by atoms with Crippen molar-refractivity contribution < 1.29 is 17.9 Å². The summed E-state index contributed by atoms with van der Waals surface area (Å²) in [5.41, 5.74) is 1.86. The first-order valence-corrected chi connectivity index (χ1v) is 14.4. The molecule has 8 nitrogen and oxygen atoms in total. The quantitative estimate of drug-likeness (QED) is 0.286. The van der Waals surface area contributed by atoms with Gasteiger partial charge in [0.05, 0.1) is 16.5 Å². The Bertz CT molecular complexity index is 1760. The molecule has 2 heterocycles. The van der Waals surface area contributed by atoms with Gasteiger partial charge in [0.15, 0.2) is 4.90 Å². The van der Waals surface area contributed by atoms with Crippen LogP contribution in [0.1, 0.15) is 61.7 Å². The lowest BCUT2D eigenvalue weighted by Crippen LogP contribution is -2.33. The van der Waals surface area contributed by atoms with E-state index in [1.165, 1.54) is 34.9 Å². The van der Waals surface area contributed by atoms with Crippen LogP contribution < -0.4 is 5.56 Å². The first kappa shape index (κ1) is 28.6. The highest BCUT2D eigenvalue weighted by molar-refractivity contribution is 7.91. The summed E-state index contributed by atoms with van der Waals surface area (Å²) in [6.45, 7) is 5.62. The van der Waals surface area contributed by atoms with E-state index in [0.717, 1.165) is 23.1 Å². The molecule has 0 aliphatic rings. The van der Waals surface area contributed by atoms with Gasteiger partial charge < -0.3 is 5.11 Å². The lowest BCUT2D eigenvalue weighted by atomic mass is 10.0. The Morgan fingerprint density at radius 1 is 1.12 bits per heavy atom. The normalized spacial score (nSPS) is 12.2. The number of halogens is 1. The van der Waals surface area contributed by atoms with Crippen LogP contribution in [0.2, 0.25) is 0 Å². The first-order chi connectivity index (χ1) is 19.1. The summed E-state index contributed by atoms with van der Waals surface area (Å²) in [5, 5.41) is 19.9. The Kier molecular flexibility index (Phi) is 8.45. The number of benzene rings is 2. The number of hydrogen-bond acceptors (Lipinski definition) is 7. The van der Waals surface area contributed by atoms with Crippen molar-refractivity contribution >= 4 is 9.84 Å². The molecule has 40 heavy (non-hydrogen) atoms. The smallest absolute Gasteiger partial charge is 0.277 e. The molecule has 1 unspecified atom stereocenters. The second-order valence-corrected chi connectivity index (χ2v) is 11.3. The zero-order valence-corrected chi connectivity index (χ0v) is 23.2. The highest BCUT2D eigenvalue weighted by Crippen LogP contribution is 2.31. The molecule has 0 radical (unpaired) electrons. The van der Waals surface area contributed by atoms with Gasteiger partial charge in [-0.05, 0) is 72.4 Å². The van der Waals surface area contributed by atoms with Crippen LogP contribution >= 0.6 is 0 Å². The zero-order chi connectivity index (χ0) is 29.0. The molecule has 0 bridgehead atoms. The maximum atomic E-state index is 14.5. The maximum absolute atomic E-state index is 14.5. The Labute approximate surface area is 232 Å². The second-order valence-electron chi connectivity index (χ2n) is 9.45. The van der Waals surface area contributed by atoms with E-state index in [-0.39, 0.29) is 16.3 Å². The summed E-state index contributed by atoms with van der Waals surface area (Å²) >= 11 is 0. The van der Waals surface area contributed by atoms with Crippen LogP contribution in [0.25, 0.3) is 11.1 Å². The highest BCUT2D eigenvalue weighted by Gasteiger charge is 2.31. The van der Waals surface area contributed by atoms with Crippen molar-refractivity contribution in [2.75, 3.05) is 0 Å². The fraction of sp³-hybridized carbons (Fsp3) is 0.267. The van der Waals surface area contributed by atoms with Gasteiger partial charge in [0.25, 0.3) is 5.56 Å². The van der Waals surface area contributed by atoms with E-state index in [1.54, 1.807) is 37.5 Å². The molecule has 4 aromatic rings. The van der Waals surface area contributed by atoms with E-state index < -0.39 is 38.0 Å². The molecule has 0 spiro atoms. The van der Waals surface area contributed by atoms with Crippen molar-refractivity contribution in [1.82, 2.24) is 14.5 Å². The number of aromatic nitrogens is 3. The minimum absolute atomic E-state index is 0.144. The summed E-state index contributed by atoms with van der Waals surface area (Å²) in [4.78, 5) is 21.2.